The first-order valence-corrected chi connectivity index (χ1v) is 36.3. The molecule has 27 nitrogen and oxygen atoms in total. The van der Waals surface area contributed by atoms with E-state index in [0.717, 1.165) is 12.8 Å². The average molecular weight is 1400 g/mol. The second-order valence-corrected chi connectivity index (χ2v) is 21.6. The summed E-state index contributed by atoms with van der Waals surface area (Å²) in [5.41, 5.74) is 0. The second kappa shape index (κ2) is 91.5. The van der Waals surface area contributed by atoms with Gasteiger partial charge in [-0.2, -0.15) is 0 Å². The van der Waals surface area contributed by atoms with Crippen molar-refractivity contribution in [1.82, 2.24) is 0 Å². The van der Waals surface area contributed by atoms with Gasteiger partial charge >= 0.3 is 5.97 Å². The van der Waals surface area contributed by atoms with Crippen LogP contribution >= 0.6 is 0 Å². The van der Waals surface area contributed by atoms with Gasteiger partial charge in [0.25, 0.3) is 0 Å². The molecule has 0 rings (SSSR count). The Morgan fingerprint density at radius 3 is 0.438 bits per heavy atom. The lowest BCUT2D eigenvalue weighted by atomic mass is 10.0. The highest BCUT2D eigenvalue weighted by atomic mass is 16.6. The zero-order chi connectivity index (χ0) is 68.6. The number of carbonyl (C=O) groups excluding carboxylic acids is 1. The van der Waals surface area contributed by atoms with E-state index >= 15 is 0 Å². The number of ether oxygens (including phenoxy) is 26. The Kier molecular flexibility index (Phi) is 90.0. The molecule has 0 spiro atoms. The number of hydrogen-bond acceptors (Lipinski definition) is 27. The highest BCUT2D eigenvalue weighted by Crippen LogP contribution is 2.14. The normalized spacial score (nSPS) is 11.7. The molecular weight excluding hydrogens is 1260 g/mol. The summed E-state index contributed by atoms with van der Waals surface area (Å²) in [5.74, 6) is -0.137. The van der Waals surface area contributed by atoms with Crippen LogP contribution in [0.5, 0.6) is 0 Å². The van der Waals surface area contributed by atoms with Crippen LogP contribution in [0.3, 0.4) is 0 Å². The minimum Gasteiger partial charge on any atom is -0.463 e. The van der Waals surface area contributed by atoms with Crippen molar-refractivity contribution in [3.63, 3.8) is 0 Å². The summed E-state index contributed by atoms with van der Waals surface area (Å²) in [6.07, 6.45) is 20.1. The van der Waals surface area contributed by atoms with Crippen LogP contribution in [-0.2, 0) is 128 Å². The van der Waals surface area contributed by atoms with E-state index in [-0.39, 0.29) is 12.6 Å². The maximum atomic E-state index is 12.0. The summed E-state index contributed by atoms with van der Waals surface area (Å²) in [7, 11) is 1.64. The topological polar surface area (TPSA) is 257 Å². The van der Waals surface area contributed by atoms with E-state index in [9.17, 15) is 4.79 Å². The zero-order valence-electron chi connectivity index (χ0n) is 60.2. The van der Waals surface area contributed by atoms with Gasteiger partial charge in [0.15, 0.2) is 0 Å². The van der Waals surface area contributed by atoms with Crippen molar-refractivity contribution in [3.8, 4) is 0 Å². The van der Waals surface area contributed by atoms with Crippen molar-refractivity contribution in [2.24, 2.45) is 0 Å². The van der Waals surface area contributed by atoms with E-state index in [1.807, 2.05) is 0 Å². The zero-order valence-corrected chi connectivity index (χ0v) is 60.2. The van der Waals surface area contributed by atoms with Crippen LogP contribution in [0.4, 0.5) is 0 Å². The largest absolute Gasteiger partial charge is 0.463 e. The van der Waals surface area contributed by atoms with Crippen LogP contribution in [0.1, 0.15) is 110 Å². The van der Waals surface area contributed by atoms with E-state index in [2.05, 4.69) is 6.92 Å². The molecule has 0 aliphatic carbocycles. The molecule has 0 bridgehead atoms. The molecule has 27 heteroatoms. The van der Waals surface area contributed by atoms with Gasteiger partial charge in [0.05, 0.1) is 324 Å². The Bertz CT molecular complexity index is 1370. The van der Waals surface area contributed by atoms with E-state index in [1.54, 1.807) is 7.11 Å². The van der Waals surface area contributed by atoms with Crippen LogP contribution < -0.4 is 0 Å². The monoisotopic (exact) mass is 1400 g/mol. The number of hydrogen-bond donors (Lipinski definition) is 0. The molecule has 0 aliphatic rings. The summed E-state index contributed by atoms with van der Waals surface area (Å²) < 4.78 is 142. The van der Waals surface area contributed by atoms with Crippen LogP contribution in [-0.4, -0.2) is 343 Å². The van der Waals surface area contributed by atoms with Gasteiger partial charge in [0, 0.05) is 13.5 Å². The van der Waals surface area contributed by atoms with Crippen molar-refractivity contribution < 1.29 is 128 Å². The number of unbranched alkanes of at least 4 members (excludes halogenated alkanes) is 14. The van der Waals surface area contributed by atoms with Crippen molar-refractivity contribution in [1.29, 1.82) is 0 Å². The molecule has 0 N–H and O–H groups in total. The highest BCUT2D eigenvalue weighted by Gasteiger charge is 2.05. The van der Waals surface area contributed by atoms with E-state index in [4.69, 9.17) is 123 Å². The summed E-state index contributed by atoms with van der Waals surface area (Å²) in [4.78, 5) is 12.0. The SMILES string of the molecule is CCCCCCCCCCCCCCCCCC(=O)OCCOCCOCCOCCOCCOCCOCCOCCOCCOCCOCCOCCOCCOCCOCCOCCOCCOCCOCCOCCOCCOCCOCCOCCOCCOC. The molecule has 0 saturated carbocycles. The predicted octanol–water partition coefficient (Wildman–Crippen LogP) is 6.84. The van der Waals surface area contributed by atoms with Crippen LogP contribution in [0.2, 0.25) is 0 Å². The standard InChI is InChI=1S/C69H138O27/c1-3-4-5-6-7-8-9-10-11-12-13-14-15-16-17-18-69(70)96-68-67-95-66-65-94-64-63-93-62-61-92-60-59-91-58-57-90-56-55-89-54-53-88-52-51-87-50-49-86-48-47-85-46-45-84-44-43-83-42-41-82-40-39-81-38-37-80-36-35-79-34-33-78-32-31-77-30-29-76-28-27-75-26-25-74-24-23-73-22-21-72-20-19-71-2/h3-68H2,1-2H3. The van der Waals surface area contributed by atoms with Gasteiger partial charge in [-0.3, -0.25) is 4.79 Å². The van der Waals surface area contributed by atoms with E-state index < -0.39 is 0 Å². The van der Waals surface area contributed by atoms with Crippen molar-refractivity contribution in [3.05, 3.63) is 0 Å². The summed E-state index contributed by atoms with van der Waals surface area (Å²) in [6.45, 7) is 26.6. The van der Waals surface area contributed by atoms with Crippen molar-refractivity contribution in [2.45, 2.75) is 110 Å². The third kappa shape index (κ3) is 90.5. The highest BCUT2D eigenvalue weighted by molar-refractivity contribution is 5.69. The Labute approximate surface area is 579 Å². The van der Waals surface area contributed by atoms with Crippen LogP contribution in [0.15, 0.2) is 0 Å². The van der Waals surface area contributed by atoms with Gasteiger partial charge in [-0.25, -0.2) is 0 Å². The quantitative estimate of drug-likeness (QED) is 0.0446. The molecular formula is C69H138O27. The smallest absolute Gasteiger partial charge is 0.305 e. The molecule has 0 aromatic rings. The third-order valence-electron chi connectivity index (χ3n) is 13.5. The number of rotatable bonds is 91. The molecule has 576 valence electrons. The summed E-state index contributed by atoms with van der Waals surface area (Å²) >= 11 is 0. The Balaban J connectivity index is 3.11. The predicted molar refractivity (Wildman–Crippen MR) is 362 cm³/mol. The Hall–Kier alpha value is -1.53. The van der Waals surface area contributed by atoms with Gasteiger partial charge in [-0.15, -0.1) is 0 Å². The molecule has 0 amide bonds. The lowest BCUT2D eigenvalue weighted by Gasteiger charge is -2.09. The molecule has 96 heavy (non-hydrogen) atoms. The lowest BCUT2D eigenvalue weighted by Crippen LogP contribution is -2.16. The molecule has 0 radical (unpaired) electrons. The van der Waals surface area contributed by atoms with Gasteiger partial charge in [0.2, 0.25) is 0 Å². The average Bonchev–Trinajstić information content (AvgIpc) is 3.63. The number of methoxy groups -OCH3 is 1. The van der Waals surface area contributed by atoms with Gasteiger partial charge in [-0.1, -0.05) is 96.8 Å². The fraction of sp³-hybridized carbons (Fsp3) is 0.986. The van der Waals surface area contributed by atoms with Crippen LogP contribution in [0, 0.1) is 0 Å². The van der Waals surface area contributed by atoms with Gasteiger partial charge < -0.3 is 123 Å². The number of carbonyl (C=O) groups is 1. The summed E-state index contributed by atoms with van der Waals surface area (Å²) in [6, 6.07) is 0. The fourth-order valence-corrected chi connectivity index (χ4v) is 8.23. The van der Waals surface area contributed by atoms with E-state index in [0.29, 0.717) is 330 Å². The molecule has 0 aliphatic heterocycles. The molecule has 0 aromatic carbocycles. The van der Waals surface area contributed by atoms with Crippen LogP contribution in [0.25, 0.3) is 0 Å². The minimum absolute atomic E-state index is 0.137. The molecule has 0 atom stereocenters. The molecule has 0 saturated heterocycles. The molecule has 0 heterocycles. The second-order valence-electron chi connectivity index (χ2n) is 21.6. The first-order valence-electron chi connectivity index (χ1n) is 36.3. The Morgan fingerprint density at radius 2 is 0.292 bits per heavy atom. The molecule has 0 fully saturated rings. The van der Waals surface area contributed by atoms with Crippen molar-refractivity contribution >= 4 is 5.97 Å². The molecule has 0 unspecified atom stereocenters. The maximum absolute atomic E-state index is 12.0. The van der Waals surface area contributed by atoms with Gasteiger partial charge in [-0.05, 0) is 6.42 Å². The van der Waals surface area contributed by atoms with Gasteiger partial charge in [0.1, 0.15) is 6.61 Å². The maximum Gasteiger partial charge on any atom is 0.305 e. The summed E-state index contributed by atoms with van der Waals surface area (Å²) in [5, 5.41) is 0. The molecule has 0 aromatic heterocycles. The minimum atomic E-state index is -0.137. The van der Waals surface area contributed by atoms with Crippen molar-refractivity contribution in [2.75, 3.05) is 337 Å². The Morgan fingerprint density at radius 1 is 0.167 bits per heavy atom. The fourth-order valence-electron chi connectivity index (χ4n) is 8.23. The third-order valence-corrected chi connectivity index (χ3v) is 13.5. The lowest BCUT2D eigenvalue weighted by molar-refractivity contribution is -0.145. The number of esters is 1. The van der Waals surface area contributed by atoms with E-state index in [1.165, 1.54) is 83.5 Å². The first kappa shape index (κ1) is 94.5. The first-order chi connectivity index (χ1) is 47.8.